The van der Waals surface area contributed by atoms with Gasteiger partial charge in [-0.1, -0.05) is 12.1 Å². The highest BCUT2D eigenvalue weighted by Crippen LogP contribution is 2.22. The number of methoxy groups -OCH3 is 1. The molecule has 20 heavy (non-hydrogen) atoms. The number of hydrogen-bond donors (Lipinski definition) is 3. The monoisotopic (exact) mass is 275 g/mol. The summed E-state index contributed by atoms with van der Waals surface area (Å²) < 4.78 is 10.6. The molecule has 0 bridgehead atoms. The molecule has 2 aromatic rings. The summed E-state index contributed by atoms with van der Waals surface area (Å²) in [6.07, 6.45) is 0.860. The Bertz CT molecular complexity index is 559. The summed E-state index contributed by atoms with van der Waals surface area (Å²) >= 11 is 0. The summed E-state index contributed by atoms with van der Waals surface area (Å²) in [7, 11) is 1.68. The number of nitrogens with zero attached hydrogens (tertiary/aromatic N) is 2. The lowest BCUT2D eigenvalue weighted by Crippen LogP contribution is -2.10. The van der Waals surface area contributed by atoms with Crippen LogP contribution in [0.1, 0.15) is 5.56 Å². The van der Waals surface area contributed by atoms with E-state index < -0.39 is 0 Å². The molecule has 5 N–H and O–H groups in total. The van der Waals surface area contributed by atoms with Crippen LogP contribution < -0.4 is 21.7 Å². The Hall–Kier alpha value is -2.38. The van der Waals surface area contributed by atoms with E-state index in [2.05, 4.69) is 15.4 Å². The van der Waals surface area contributed by atoms with Crippen molar-refractivity contribution in [3.63, 3.8) is 0 Å². The number of hydrazine groups is 1. The zero-order valence-electron chi connectivity index (χ0n) is 11.2. The molecule has 0 aliphatic rings. The first-order valence-electron chi connectivity index (χ1n) is 6.08. The maximum Gasteiger partial charge on any atom is 0.226 e. The molecule has 0 amide bonds. The summed E-state index contributed by atoms with van der Waals surface area (Å²) in [6, 6.07) is 9.23. The zero-order chi connectivity index (χ0) is 14.4. The molecule has 0 saturated heterocycles. The van der Waals surface area contributed by atoms with Crippen LogP contribution in [0.2, 0.25) is 0 Å². The molecule has 0 atom stereocenters. The topological polar surface area (TPSA) is 108 Å². The highest BCUT2D eigenvalue weighted by Gasteiger charge is 2.04. The standard InChI is InChI=1S/C13H17N5O2/c1-19-7-6-9-2-4-10(5-3-9)20-12-8-11(18-15)16-13(14)17-12/h2-5,8H,6-7,15H2,1H3,(H3,14,16,17,18). The molecule has 0 saturated carbocycles. The smallest absolute Gasteiger partial charge is 0.226 e. The van der Waals surface area contributed by atoms with E-state index in [1.54, 1.807) is 13.2 Å². The van der Waals surface area contributed by atoms with Crippen molar-refractivity contribution in [2.75, 3.05) is 24.9 Å². The maximum atomic E-state index is 5.60. The van der Waals surface area contributed by atoms with Gasteiger partial charge in [0, 0.05) is 13.2 Å². The molecule has 1 aromatic heterocycles. The van der Waals surface area contributed by atoms with Gasteiger partial charge in [-0.05, 0) is 24.1 Å². The quantitative estimate of drug-likeness (QED) is 0.539. The molecule has 0 unspecified atom stereocenters. The lowest BCUT2D eigenvalue weighted by molar-refractivity contribution is 0.202. The van der Waals surface area contributed by atoms with Gasteiger partial charge in [0.15, 0.2) is 0 Å². The molecule has 0 aliphatic heterocycles. The van der Waals surface area contributed by atoms with Crippen molar-refractivity contribution < 1.29 is 9.47 Å². The van der Waals surface area contributed by atoms with Crippen LogP contribution >= 0.6 is 0 Å². The first-order valence-corrected chi connectivity index (χ1v) is 6.08. The van der Waals surface area contributed by atoms with Gasteiger partial charge in [0.1, 0.15) is 11.6 Å². The first-order chi connectivity index (χ1) is 9.71. The van der Waals surface area contributed by atoms with Crippen molar-refractivity contribution in [2.45, 2.75) is 6.42 Å². The van der Waals surface area contributed by atoms with E-state index in [9.17, 15) is 0 Å². The third-order valence-electron chi connectivity index (χ3n) is 2.61. The van der Waals surface area contributed by atoms with Crippen LogP contribution in [0.15, 0.2) is 30.3 Å². The number of hydrogen-bond acceptors (Lipinski definition) is 7. The van der Waals surface area contributed by atoms with E-state index >= 15 is 0 Å². The van der Waals surface area contributed by atoms with E-state index in [1.807, 2.05) is 24.3 Å². The number of nitrogen functional groups attached to an aromatic ring is 2. The van der Waals surface area contributed by atoms with Crippen LogP contribution in [0.5, 0.6) is 11.6 Å². The molecule has 7 heteroatoms. The molecule has 1 heterocycles. The highest BCUT2D eigenvalue weighted by atomic mass is 16.5. The summed E-state index contributed by atoms with van der Waals surface area (Å²) in [5.74, 6) is 6.76. The Kier molecular flexibility index (Phi) is 4.70. The number of ether oxygens (including phenoxy) is 2. The predicted octanol–water partition coefficient (Wildman–Crippen LogP) is 1.33. The van der Waals surface area contributed by atoms with Crippen molar-refractivity contribution in [3.8, 4) is 11.6 Å². The van der Waals surface area contributed by atoms with Crippen molar-refractivity contribution in [1.82, 2.24) is 9.97 Å². The summed E-state index contributed by atoms with van der Waals surface area (Å²) in [5.41, 5.74) is 9.13. The Labute approximate surface area is 116 Å². The van der Waals surface area contributed by atoms with Gasteiger partial charge < -0.3 is 20.6 Å². The molecule has 0 radical (unpaired) electrons. The van der Waals surface area contributed by atoms with Crippen LogP contribution in [-0.4, -0.2) is 23.7 Å². The Morgan fingerprint density at radius 2 is 1.95 bits per heavy atom. The first kappa shape index (κ1) is 14.0. The lowest BCUT2D eigenvalue weighted by atomic mass is 10.1. The minimum atomic E-state index is 0.0900. The van der Waals surface area contributed by atoms with E-state index in [4.69, 9.17) is 21.1 Å². The summed E-state index contributed by atoms with van der Waals surface area (Å²) in [4.78, 5) is 7.86. The Morgan fingerprint density at radius 1 is 1.20 bits per heavy atom. The normalized spacial score (nSPS) is 10.3. The van der Waals surface area contributed by atoms with Gasteiger partial charge in [0.2, 0.25) is 11.8 Å². The van der Waals surface area contributed by atoms with Crippen molar-refractivity contribution in [2.24, 2.45) is 5.84 Å². The van der Waals surface area contributed by atoms with Gasteiger partial charge in [-0.3, -0.25) is 0 Å². The van der Waals surface area contributed by atoms with E-state index in [-0.39, 0.29) is 5.95 Å². The van der Waals surface area contributed by atoms with Crippen molar-refractivity contribution >= 4 is 11.8 Å². The molecule has 7 nitrogen and oxygen atoms in total. The fourth-order valence-corrected chi connectivity index (χ4v) is 1.63. The third kappa shape index (κ3) is 3.81. The third-order valence-corrected chi connectivity index (χ3v) is 2.61. The van der Waals surface area contributed by atoms with Gasteiger partial charge in [-0.25, -0.2) is 5.84 Å². The van der Waals surface area contributed by atoms with Gasteiger partial charge in [-0.15, -0.1) is 0 Å². The molecule has 2 rings (SSSR count). The molecule has 0 fully saturated rings. The molecule has 106 valence electrons. The number of nitrogens with one attached hydrogen (secondary N) is 1. The average Bonchev–Trinajstić information content (AvgIpc) is 2.46. The van der Waals surface area contributed by atoms with Gasteiger partial charge in [-0.2, -0.15) is 9.97 Å². The summed E-state index contributed by atoms with van der Waals surface area (Å²) in [6.45, 7) is 0.689. The van der Waals surface area contributed by atoms with Crippen molar-refractivity contribution in [1.29, 1.82) is 0 Å². The van der Waals surface area contributed by atoms with Crippen LogP contribution in [-0.2, 0) is 11.2 Å². The number of aromatic nitrogens is 2. The second-order valence-electron chi connectivity index (χ2n) is 4.08. The maximum absolute atomic E-state index is 5.60. The largest absolute Gasteiger partial charge is 0.439 e. The molecule has 0 aliphatic carbocycles. The lowest BCUT2D eigenvalue weighted by Gasteiger charge is -2.08. The van der Waals surface area contributed by atoms with Crippen LogP contribution in [0.4, 0.5) is 11.8 Å². The second kappa shape index (κ2) is 6.69. The fourth-order valence-electron chi connectivity index (χ4n) is 1.63. The minimum absolute atomic E-state index is 0.0900. The number of benzene rings is 1. The van der Waals surface area contributed by atoms with Gasteiger partial charge in [0.25, 0.3) is 0 Å². The van der Waals surface area contributed by atoms with Crippen LogP contribution in [0.25, 0.3) is 0 Å². The molecular weight excluding hydrogens is 258 g/mol. The average molecular weight is 275 g/mol. The SMILES string of the molecule is COCCc1ccc(Oc2cc(NN)nc(N)n2)cc1. The fraction of sp³-hybridized carbons (Fsp3) is 0.231. The number of nitrogens with two attached hydrogens (primary N) is 2. The summed E-state index contributed by atoms with van der Waals surface area (Å²) in [5, 5.41) is 0. The molecule has 0 spiro atoms. The van der Waals surface area contributed by atoms with E-state index in [1.165, 1.54) is 5.56 Å². The Balaban J connectivity index is 2.07. The molecule has 1 aromatic carbocycles. The van der Waals surface area contributed by atoms with E-state index in [0.29, 0.717) is 24.1 Å². The van der Waals surface area contributed by atoms with Crippen LogP contribution in [0.3, 0.4) is 0 Å². The minimum Gasteiger partial charge on any atom is -0.439 e. The van der Waals surface area contributed by atoms with Gasteiger partial charge in [0.05, 0.1) is 6.61 Å². The van der Waals surface area contributed by atoms with Crippen LogP contribution in [0, 0.1) is 0 Å². The number of anilines is 2. The highest BCUT2D eigenvalue weighted by molar-refractivity contribution is 5.43. The second-order valence-corrected chi connectivity index (χ2v) is 4.08. The van der Waals surface area contributed by atoms with E-state index in [0.717, 1.165) is 6.42 Å². The zero-order valence-corrected chi connectivity index (χ0v) is 11.2. The predicted molar refractivity (Wildman–Crippen MR) is 76.4 cm³/mol. The molecular formula is C13H17N5O2. The Morgan fingerprint density at radius 3 is 2.60 bits per heavy atom. The van der Waals surface area contributed by atoms with Crippen molar-refractivity contribution in [3.05, 3.63) is 35.9 Å². The number of rotatable bonds is 6. The van der Waals surface area contributed by atoms with Gasteiger partial charge >= 0.3 is 0 Å².